The molecule has 0 saturated heterocycles. The minimum absolute atomic E-state index is 0.0553. The molecule has 5 amide bonds. The van der Waals surface area contributed by atoms with Crippen LogP contribution >= 0.6 is 11.6 Å². The van der Waals surface area contributed by atoms with Crippen molar-refractivity contribution in [2.45, 2.75) is 162 Å². The highest BCUT2D eigenvalue weighted by Gasteiger charge is 2.33. The second kappa shape index (κ2) is 34.0. The second-order valence-corrected chi connectivity index (χ2v) is 20.1. The zero-order valence-electron chi connectivity index (χ0n) is 45.4. The Labute approximate surface area is 445 Å². The van der Waals surface area contributed by atoms with Gasteiger partial charge in [0, 0.05) is 17.2 Å². The van der Waals surface area contributed by atoms with Crippen LogP contribution in [-0.4, -0.2) is 95.4 Å². The average molecular weight is 1040 g/mol. The number of nitrogens with zero attached hydrogens (tertiary/aromatic N) is 2. The van der Waals surface area contributed by atoms with Gasteiger partial charge in [-0.25, -0.2) is 19.2 Å². The minimum atomic E-state index is -0.534. The molecule has 0 bridgehead atoms. The van der Waals surface area contributed by atoms with Crippen molar-refractivity contribution in [1.29, 1.82) is 0 Å². The van der Waals surface area contributed by atoms with Crippen LogP contribution in [-0.2, 0) is 14.3 Å². The monoisotopic (exact) mass is 1040 g/mol. The highest BCUT2D eigenvalue weighted by Crippen LogP contribution is 2.22. The summed E-state index contributed by atoms with van der Waals surface area (Å²) in [5.74, 6) is -0.108. The molecule has 2 aliphatic carbocycles. The first-order valence-corrected chi connectivity index (χ1v) is 26.0. The molecule has 74 heavy (non-hydrogen) atoms. The summed E-state index contributed by atoms with van der Waals surface area (Å²) in [6.07, 6.45) is 5.98. The number of rotatable bonds is 13. The number of carbonyl (C=O) groups excluding carboxylic acids is 6. The Kier molecular flexibility index (Phi) is 29.2. The molecule has 6 atom stereocenters. The van der Waals surface area contributed by atoms with Crippen molar-refractivity contribution >= 4 is 47.0 Å². The summed E-state index contributed by atoms with van der Waals surface area (Å²) in [4.78, 5) is 74.6. The molecule has 0 radical (unpaired) electrons. The van der Waals surface area contributed by atoms with Crippen LogP contribution in [0.1, 0.15) is 159 Å². The maximum absolute atomic E-state index is 12.3. The fraction of sp³-hybridized carbons (Fsp3) is 0.483. The van der Waals surface area contributed by atoms with E-state index < -0.39 is 28.6 Å². The van der Waals surface area contributed by atoms with Crippen molar-refractivity contribution in [3.8, 4) is 0 Å². The molecule has 0 heterocycles. The highest BCUT2D eigenvalue weighted by molar-refractivity contribution is 6.67. The molecule has 2 aliphatic rings. The highest BCUT2D eigenvalue weighted by atomic mass is 35.5. The van der Waals surface area contributed by atoms with Crippen LogP contribution in [0.3, 0.4) is 0 Å². The average Bonchev–Trinajstić information content (AvgIpc) is 4.00. The number of hydrogen-bond acceptors (Lipinski definition) is 10. The second-order valence-electron chi connectivity index (χ2n) is 19.7. The number of nitrogens with one attached hydrogen (secondary N) is 5. The fourth-order valence-electron chi connectivity index (χ4n) is 7.73. The van der Waals surface area contributed by atoms with Crippen LogP contribution in [0.15, 0.2) is 126 Å². The van der Waals surface area contributed by atoms with E-state index in [0.29, 0.717) is 11.1 Å². The van der Waals surface area contributed by atoms with Crippen LogP contribution in [0, 0.1) is 0 Å². The Hall–Kier alpha value is -6.54. The number of amides is 5. The number of ether oxygens (including phenoxy) is 2. The van der Waals surface area contributed by atoms with E-state index in [9.17, 15) is 28.8 Å². The summed E-state index contributed by atoms with van der Waals surface area (Å²) in [7, 11) is 0. The van der Waals surface area contributed by atoms with E-state index in [4.69, 9.17) is 21.1 Å². The Morgan fingerprint density at radius 1 is 0.581 bits per heavy atom. The Balaban J connectivity index is 0.000000344. The number of halogens is 1. The van der Waals surface area contributed by atoms with E-state index in [0.717, 1.165) is 49.7 Å². The van der Waals surface area contributed by atoms with E-state index in [1.165, 1.54) is 19.6 Å². The molecule has 2 fully saturated rings. The van der Waals surface area contributed by atoms with Crippen LogP contribution in [0.4, 0.5) is 14.4 Å². The zero-order valence-corrected chi connectivity index (χ0v) is 46.2. The van der Waals surface area contributed by atoms with Gasteiger partial charge in [-0.05, 0) is 148 Å². The lowest BCUT2D eigenvalue weighted by atomic mass is 10.1. The van der Waals surface area contributed by atoms with Gasteiger partial charge in [0.1, 0.15) is 11.2 Å². The van der Waals surface area contributed by atoms with Crippen molar-refractivity contribution in [2.75, 3.05) is 19.6 Å². The molecule has 5 N–H and O–H groups in total. The van der Waals surface area contributed by atoms with Crippen molar-refractivity contribution in [2.24, 2.45) is 4.99 Å². The van der Waals surface area contributed by atoms with Gasteiger partial charge in [-0.1, -0.05) is 130 Å². The Bertz CT molecular complexity index is 2280. The van der Waals surface area contributed by atoms with Crippen molar-refractivity contribution in [3.63, 3.8) is 0 Å². The maximum atomic E-state index is 12.3. The number of carbonyl (C=O) groups is 5. The molecule has 6 rings (SSSR count). The fourth-order valence-corrected chi connectivity index (χ4v) is 7.85. The first-order chi connectivity index (χ1) is 35.1. The molecule has 0 aromatic heterocycles. The smallest absolute Gasteiger partial charge is 0.407 e. The lowest BCUT2D eigenvalue weighted by Crippen LogP contribution is -2.52. The van der Waals surface area contributed by atoms with Gasteiger partial charge >= 0.3 is 18.2 Å². The summed E-state index contributed by atoms with van der Waals surface area (Å²) in [5.41, 5.74) is 2.20. The van der Waals surface area contributed by atoms with E-state index in [2.05, 4.69) is 57.2 Å². The number of aliphatic imine (C=N–C) groups is 1. The molecule has 4 aromatic carbocycles. The van der Waals surface area contributed by atoms with Gasteiger partial charge in [-0.15, -0.1) is 0 Å². The van der Waals surface area contributed by atoms with Crippen LogP contribution in [0.5, 0.6) is 0 Å². The maximum Gasteiger partial charge on any atom is 0.407 e. The van der Waals surface area contributed by atoms with Gasteiger partial charge in [-0.3, -0.25) is 9.59 Å². The first-order valence-electron chi connectivity index (χ1n) is 25.6. The third-order valence-electron chi connectivity index (χ3n) is 11.6. The largest absolute Gasteiger partial charge is 0.444 e. The normalized spacial score (nSPS) is 17.3. The molecule has 2 saturated carbocycles. The third kappa shape index (κ3) is 27.0. The van der Waals surface area contributed by atoms with Crippen molar-refractivity contribution in [3.05, 3.63) is 144 Å². The zero-order chi connectivity index (χ0) is 55.1. The Morgan fingerprint density at radius 3 is 1.30 bits per heavy atom. The summed E-state index contributed by atoms with van der Waals surface area (Å²) >= 11 is 5.16. The van der Waals surface area contributed by atoms with Gasteiger partial charge < -0.3 is 41.0 Å². The topological polar surface area (TPSA) is 197 Å². The number of urea groups is 1. The lowest BCUT2D eigenvalue weighted by Gasteiger charge is -2.26. The number of benzene rings is 4. The van der Waals surface area contributed by atoms with Crippen LogP contribution in [0.2, 0.25) is 0 Å². The molecule has 16 heteroatoms. The van der Waals surface area contributed by atoms with E-state index in [1.807, 2.05) is 140 Å². The van der Waals surface area contributed by atoms with Crippen molar-refractivity contribution in [1.82, 2.24) is 31.5 Å². The summed E-state index contributed by atoms with van der Waals surface area (Å²) in [6, 6.07) is 36.6. The minimum Gasteiger partial charge on any atom is -0.444 e. The molecule has 4 aromatic rings. The van der Waals surface area contributed by atoms with Gasteiger partial charge in [-0.2, -0.15) is 4.99 Å². The molecule has 0 spiro atoms. The van der Waals surface area contributed by atoms with Crippen LogP contribution in [0.25, 0.3) is 0 Å². The molecular weight excluding hydrogens is 958 g/mol. The van der Waals surface area contributed by atoms with Gasteiger partial charge in [0.05, 0.1) is 30.2 Å². The van der Waals surface area contributed by atoms with E-state index in [1.54, 1.807) is 42.5 Å². The Morgan fingerprint density at radius 2 is 0.946 bits per heavy atom. The first kappa shape index (κ1) is 63.6. The van der Waals surface area contributed by atoms with E-state index >= 15 is 0 Å². The van der Waals surface area contributed by atoms with Gasteiger partial charge in [0.15, 0.2) is 0 Å². The van der Waals surface area contributed by atoms with E-state index in [-0.39, 0.29) is 48.2 Å². The predicted molar refractivity (Wildman–Crippen MR) is 295 cm³/mol. The number of alkyl carbamates (subject to hydrolysis) is 2. The molecule has 0 unspecified atom stereocenters. The number of isocyanates is 1. The summed E-state index contributed by atoms with van der Waals surface area (Å²) in [5, 5.41) is 14.3. The molecule has 15 nitrogen and oxygen atoms in total. The quantitative estimate of drug-likeness (QED) is 0.0491. The standard InChI is InChI=1S/C19H29N3O3.C17H24N2O3.C9H9NO.C7H5ClO.C6H15N/c1-13(14-9-6-5-7-10-14)20-17(23)21-15-11-8-12-16(15)22-18(24)25-19(2,3)4;1-17(2,3)22-16(21)19-14-11-7-10-13(14)18-15(20)12-8-5-4-6-9-12;1-8(10-7-11)9-5-3-2-4-6-9;8-7(9)6-4-2-1-3-5-6;1-4-7(5-2)6-3/h5-7,9-10,13,15-16H,8,11-12H2,1-4H3,(H,22,24)(H2,20,21,23);4-6,8-9,13-14H,7,10-11H2,1-3H3,(H,18,20)(H,19,21);2-6,8H,1H3;1-5H;4-6H2,1-3H3/t13-,15-,16-;13-,14-;8-;;/m111../s1. The lowest BCUT2D eigenvalue weighted by molar-refractivity contribution is 0.0486. The van der Waals surface area contributed by atoms with Crippen LogP contribution < -0.4 is 26.6 Å². The number of hydrogen-bond donors (Lipinski definition) is 5. The van der Waals surface area contributed by atoms with Crippen molar-refractivity contribution < 1.29 is 38.2 Å². The predicted octanol–water partition coefficient (Wildman–Crippen LogP) is 11.9. The SMILES string of the molecule is CC(C)(C)OC(=O)N[C@@H]1CCC[C@H]1NC(=O)c1ccccc1.CCN(CC)CC.C[C@@H](N=C=O)c1ccccc1.C[C@@H](NC(=O)N[C@@H]1CCC[C@H]1NC(=O)OC(C)(C)C)c1ccccc1.O=C(Cl)c1ccccc1. The molecule has 0 aliphatic heterocycles. The van der Waals surface area contributed by atoms with Gasteiger partial charge in [0.25, 0.3) is 11.1 Å². The molecular formula is C58H82ClN7O8. The van der Waals surface area contributed by atoms with Gasteiger partial charge in [0.2, 0.25) is 6.08 Å². The summed E-state index contributed by atoms with van der Waals surface area (Å²) in [6.45, 7) is 24.9. The molecule has 404 valence electrons. The summed E-state index contributed by atoms with van der Waals surface area (Å²) < 4.78 is 10.6. The third-order valence-corrected chi connectivity index (χ3v) is 11.8.